The first kappa shape index (κ1) is 17.3. The first-order chi connectivity index (χ1) is 12.6. The van der Waals surface area contributed by atoms with Gasteiger partial charge >= 0.3 is 0 Å². The van der Waals surface area contributed by atoms with Crippen molar-refractivity contribution in [2.75, 3.05) is 11.9 Å². The summed E-state index contributed by atoms with van der Waals surface area (Å²) in [5, 5.41) is 9.31. The van der Waals surface area contributed by atoms with Crippen molar-refractivity contribution in [1.82, 2.24) is 15.5 Å². The first-order valence-electron chi connectivity index (χ1n) is 8.16. The number of hydrogen-bond donors (Lipinski definition) is 2. The fourth-order valence-corrected chi connectivity index (χ4v) is 2.37. The third kappa shape index (κ3) is 3.77. The molecule has 0 radical (unpaired) electrons. The number of carbonyl (C=O) groups excluding carboxylic acids is 2. The highest BCUT2D eigenvalue weighted by atomic mass is 16.5. The van der Waals surface area contributed by atoms with Crippen molar-refractivity contribution >= 4 is 17.5 Å². The van der Waals surface area contributed by atoms with E-state index in [4.69, 9.17) is 4.52 Å². The number of benzene rings is 1. The molecule has 1 aromatic carbocycles. The summed E-state index contributed by atoms with van der Waals surface area (Å²) in [5.74, 6) is -0.153. The lowest BCUT2D eigenvalue weighted by Crippen LogP contribution is -2.23. The number of aryl methyl sites for hydroxylation is 1. The summed E-state index contributed by atoms with van der Waals surface area (Å²) in [6.07, 6.45) is 3.28. The lowest BCUT2D eigenvalue weighted by Gasteiger charge is -2.09. The summed E-state index contributed by atoms with van der Waals surface area (Å²) in [6.45, 7) is 4.23. The minimum absolute atomic E-state index is 0.145. The first-order valence-corrected chi connectivity index (χ1v) is 8.16. The predicted molar refractivity (Wildman–Crippen MR) is 96.9 cm³/mol. The van der Waals surface area contributed by atoms with Gasteiger partial charge in [0.1, 0.15) is 0 Å². The Kier molecular flexibility index (Phi) is 5.07. The molecule has 2 heterocycles. The van der Waals surface area contributed by atoms with E-state index < -0.39 is 5.91 Å². The molecule has 2 aromatic heterocycles. The monoisotopic (exact) mass is 350 g/mol. The van der Waals surface area contributed by atoms with E-state index in [0.717, 1.165) is 11.1 Å². The Morgan fingerprint density at radius 3 is 2.73 bits per heavy atom. The minimum atomic E-state index is -0.417. The maximum Gasteiger partial charge on any atom is 0.277 e. The summed E-state index contributed by atoms with van der Waals surface area (Å²) < 4.78 is 5.22. The Labute approximate surface area is 150 Å². The van der Waals surface area contributed by atoms with Gasteiger partial charge in [-0.1, -0.05) is 11.2 Å². The van der Waals surface area contributed by atoms with Crippen molar-refractivity contribution in [3.05, 3.63) is 65.6 Å². The SMILES string of the molecule is CCNC(=O)c1ccc(C)c(NC(=O)c2cc(-c3cccnc3)on2)c1. The Balaban J connectivity index is 1.79. The summed E-state index contributed by atoms with van der Waals surface area (Å²) in [4.78, 5) is 28.4. The van der Waals surface area contributed by atoms with Gasteiger partial charge in [0.15, 0.2) is 11.5 Å². The summed E-state index contributed by atoms with van der Waals surface area (Å²) in [6, 6.07) is 10.3. The molecule has 132 valence electrons. The van der Waals surface area contributed by atoms with Gasteiger partial charge in [0.05, 0.1) is 0 Å². The highest BCUT2D eigenvalue weighted by Gasteiger charge is 2.16. The van der Waals surface area contributed by atoms with Crippen LogP contribution in [0.1, 0.15) is 33.3 Å². The molecule has 26 heavy (non-hydrogen) atoms. The van der Waals surface area contributed by atoms with E-state index in [1.54, 1.807) is 42.7 Å². The Bertz CT molecular complexity index is 935. The van der Waals surface area contributed by atoms with Crippen molar-refractivity contribution < 1.29 is 14.1 Å². The lowest BCUT2D eigenvalue weighted by atomic mass is 10.1. The number of nitrogens with one attached hydrogen (secondary N) is 2. The van der Waals surface area contributed by atoms with Crippen LogP contribution in [0.15, 0.2) is 53.3 Å². The van der Waals surface area contributed by atoms with Crippen LogP contribution < -0.4 is 10.6 Å². The fourth-order valence-electron chi connectivity index (χ4n) is 2.37. The van der Waals surface area contributed by atoms with Gasteiger partial charge in [0.2, 0.25) is 0 Å². The summed E-state index contributed by atoms with van der Waals surface area (Å²) in [5.41, 5.74) is 2.73. The third-order valence-corrected chi connectivity index (χ3v) is 3.77. The molecular formula is C19H18N4O3. The van der Waals surface area contributed by atoms with Gasteiger partial charge in [-0.3, -0.25) is 14.6 Å². The number of pyridine rings is 1. The van der Waals surface area contributed by atoms with Gasteiger partial charge in [-0.05, 0) is 43.7 Å². The van der Waals surface area contributed by atoms with E-state index in [1.807, 2.05) is 19.9 Å². The topological polar surface area (TPSA) is 97.1 Å². The molecular weight excluding hydrogens is 332 g/mol. The van der Waals surface area contributed by atoms with E-state index in [2.05, 4.69) is 20.8 Å². The minimum Gasteiger partial charge on any atom is -0.355 e. The van der Waals surface area contributed by atoms with Gasteiger partial charge in [0, 0.05) is 41.8 Å². The van der Waals surface area contributed by atoms with E-state index in [-0.39, 0.29) is 11.6 Å². The maximum absolute atomic E-state index is 12.5. The third-order valence-electron chi connectivity index (χ3n) is 3.77. The number of nitrogens with zero attached hydrogens (tertiary/aromatic N) is 2. The highest BCUT2D eigenvalue weighted by molar-refractivity contribution is 6.04. The molecule has 0 unspecified atom stereocenters. The zero-order valence-electron chi connectivity index (χ0n) is 14.4. The van der Waals surface area contributed by atoms with Crippen molar-refractivity contribution in [3.63, 3.8) is 0 Å². The molecule has 0 spiro atoms. The summed E-state index contributed by atoms with van der Waals surface area (Å²) >= 11 is 0. The van der Waals surface area contributed by atoms with Crippen molar-refractivity contribution in [1.29, 1.82) is 0 Å². The van der Waals surface area contributed by atoms with Gasteiger partial charge in [-0.25, -0.2) is 0 Å². The van der Waals surface area contributed by atoms with Gasteiger partial charge in [-0.15, -0.1) is 0 Å². The van der Waals surface area contributed by atoms with Gasteiger partial charge in [-0.2, -0.15) is 0 Å². The Morgan fingerprint density at radius 2 is 2.00 bits per heavy atom. The summed E-state index contributed by atoms with van der Waals surface area (Å²) in [7, 11) is 0. The number of anilines is 1. The smallest absolute Gasteiger partial charge is 0.277 e. The number of amides is 2. The maximum atomic E-state index is 12.5. The molecule has 0 aliphatic rings. The molecule has 0 fully saturated rings. The normalized spacial score (nSPS) is 10.4. The van der Waals surface area contributed by atoms with Crippen LogP contribution in [0.4, 0.5) is 5.69 Å². The van der Waals surface area contributed by atoms with Crippen LogP contribution in [0.3, 0.4) is 0 Å². The van der Waals surface area contributed by atoms with Crippen LogP contribution in [0.5, 0.6) is 0 Å². The van der Waals surface area contributed by atoms with Gasteiger partial charge < -0.3 is 15.2 Å². The standard InChI is InChI=1S/C19H18N4O3/c1-3-21-18(24)13-7-6-12(2)15(9-13)22-19(25)16-10-17(26-23-16)14-5-4-8-20-11-14/h4-11H,3H2,1-2H3,(H,21,24)(H,22,25). The molecule has 0 bridgehead atoms. The van der Waals surface area contributed by atoms with Crippen molar-refractivity contribution in [2.45, 2.75) is 13.8 Å². The lowest BCUT2D eigenvalue weighted by molar-refractivity contribution is 0.0954. The van der Waals surface area contributed by atoms with Crippen molar-refractivity contribution in [3.8, 4) is 11.3 Å². The molecule has 3 rings (SSSR count). The Morgan fingerprint density at radius 1 is 1.15 bits per heavy atom. The number of carbonyl (C=O) groups is 2. The molecule has 0 atom stereocenters. The second kappa shape index (κ2) is 7.60. The fraction of sp³-hybridized carbons (Fsp3) is 0.158. The molecule has 0 aliphatic carbocycles. The number of hydrogen-bond acceptors (Lipinski definition) is 5. The molecule has 7 nitrogen and oxygen atoms in total. The van der Waals surface area contributed by atoms with E-state index in [0.29, 0.717) is 23.6 Å². The van der Waals surface area contributed by atoms with Crippen LogP contribution in [0.2, 0.25) is 0 Å². The van der Waals surface area contributed by atoms with E-state index in [9.17, 15) is 9.59 Å². The van der Waals surface area contributed by atoms with E-state index in [1.165, 1.54) is 0 Å². The largest absolute Gasteiger partial charge is 0.355 e. The van der Waals surface area contributed by atoms with Crippen LogP contribution in [-0.2, 0) is 0 Å². The average Bonchev–Trinajstić information content (AvgIpc) is 3.15. The zero-order valence-corrected chi connectivity index (χ0v) is 14.4. The quantitative estimate of drug-likeness (QED) is 0.737. The van der Waals surface area contributed by atoms with Crippen LogP contribution in [0, 0.1) is 6.92 Å². The molecule has 2 amide bonds. The second-order valence-corrected chi connectivity index (χ2v) is 5.66. The zero-order chi connectivity index (χ0) is 18.5. The number of aromatic nitrogens is 2. The van der Waals surface area contributed by atoms with Crippen LogP contribution >= 0.6 is 0 Å². The van der Waals surface area contributed by atoms with Crippen LogP contribution in [-0.4, -0.2) is 28.5 Å². The molecule has 0 saturated heterocycles. The van der Waals surface area contributed by atoms with E-state index >= 15 is 0 Å². The molecule has 0 aliphatic heterocycles. The predicted octanol–water partition coefficient (Wildman–Crippen LogP) is 3.05. The molecule has 7 heteroatoms. The molecule has 0 saturated carbocycles. The van der Waals surface area contributed by atoms with Crippen molar-refractivity contribution in [2.24, 2.45) is 0 Å². The average molecular weight is 350 g/mol. The molecule has 3 aromatic rings. The second-order valence-electron chi connectivity index (χ2n) is 5.66. The van der Waals surface area contributed by atoms with Crippen LogP contribution in [0.25, 0.3) is 11.3 Å². The number of rotatable bonds is 5. The molecule has 2 N–H and O–H groups in total. The Hall–Kier alpha value is -3.48. The van der Waals surface area contributed by atoms with Gasteiger partial charge in [0.25, 0.3) is 11.8 Å². The highest BCUT2D eigenvalue weighted by Crippen LogP contribution is 2.21.